The number of rotatable bonds is 5. The Hall–Kier alpha value is -2.70. The van der Waals surface area contributed by atoms with E-state index in [1.807, 2.05) is 42.5 Å². The molecule has 0 atom stereocenters. The Kier molecular flexibility index (Phi) is 4.83. The predicted octanol–water partition coefficient (Wildman–Crippen LogP) is 2.93. The summed E-state index contributed by atoms with van der Waals surface area (Å²) >= 11 is 0. The van der Waals surface area contributed by atoms with Crippen LogP contribution >= 0.6 is 0 Å². The van der Waals surface area contributed by atoms with Crippen LogP contribution in [0.25, 0.3) is 10.8 Å². The zero-order valence-electron chi connectivity index (χ0n) is 13.7. The van der Waals surface area contributed by atoms with Crippen molar-refractivity contribution in [1.82, 2.24) is 4.72 Å². The number of anilines is 1. The van der Waals surface area contributed by atoms with Crippen molar-refractivity contribution >= 4 is 32.4 Å². The quantitative estimate of drug-likeness (QED) is 0.740. The maximum Gasteiger partial charge on any atom is 0.240 e. The highest BCUT2D eigenvalue weighted by molar-refractivity contribution is 7.89. The first-order valence-corrected chi connectivity index (χ1v) is 9.27. The Labute approximate surface area is 146 Å². The topological polar surface area (TPSA) is 75.3 Å². The van der Waals surface area contributed by atoms with E-state index in [0.29, 0.717) is 5.69 Å². The molecule has 0 aromatic heterocycles. The molecule has 6 heteroatoms. The molecule has 0 radical (unpaired) electrons. The summed E-state index contributed by atoms with van der Waals surface area (Å²) in [5.41, 5.74) is 1.34. The average molecular weight is 354 g/mol. The van der Waals surface area contributed by atoms with Gasteiger partial charge in [-0.05, 0) is 41.6 Å². The maximum atomic E-state index is 12.3. The van der Waals surface area contributed by atoms with Crippen LogP contribution in [-0.2, 0) is 21.2 Å². The van der Waals surface area contributed by atoms with E-state index in [2.05, 4.69) is 10.0 Å². The first-order valence-electron chi connectivity index (χ1n) is 7.79. The van der Waals surface area contributed by atoms with E-state index in [-0.39, 0.29) is 17.2 Å². The minimum absolute atomic E-state index is 0.110. The van der Waals surface area contributed by atoms with Crippen molar-refractivity contribution in [2.75, 3.05) is 12.4 Å². The fraction of sp³-hybridized carbons (Fsp3) is 0.105. The van der Waals surface area contributed by atoms with Crippen molar-refractivity contribution < 1.29 is 13.2 Å². The van der Waals surface area contributed by atoms with Gasteiger partial charge in [-0.15, -0.1) is 0 Å². The molecule has 0 fully saturated rings. The molecule has 0 bridgehead atoms. The standard InChI is InChI=1S/C19H18N2O3S/c1-20-25(23,24)18-8-4-7-17(13-18)21-19(22)12-14-9-10-15-5-2-3-6-16(15)11-14/h2-11,13,20H,12H2,1H3,(H,21,22). The summed E-state index contributed by atoms with van der Waals surface area (Å²) in [4.78, 5) is 12.4. The molecule has 0 spiro atoms. The van der Waals surface area contributed by atoms with Gasteiger partial charge < -0.3 is 5.32 Å². The third-order valence-electron chi connectivity index (χ3n) is 3.88. The Balaban J connectivity index is 1.75. The summed E-state index contributed by atoms with van der Waals surface area (Å²) in [6.07, 6.45) is 0.216. The van der Waals surface area contributed by atoms with Gasteiger partial charge in [-0.2, -0.15) is 0 Å². The number of hydrogen-bond acceptors (Lipinski definition) is 3. The van der Waals surface area contributed by atoms with Gasteiger partial charge in [-0.3, -0.25) is 4.79 Å². The predicted molar refractivity (Wildman–Crippen MR) is 99.0 cm³/mol. The van der Waals surface area contributed by atoms with E-state index in [1.54, 1.807) is 12.1 Å². The van der Waals surface area contributed by atoms with Gasteiger partial charge in [0.25, 0.3) is 0 Å². The Bertz CT molecular complexity index is 1030. The van der Waals surface area contributed by atoms with Crippen molar-refractivity contribution in [3.63, 3.8) is 0 Å². The molecule has 0 aliphatic rings. The number of carbonyl (C=O) groups is 1. The van der Waals surface area contributed by atoms with Crippen LogP contribution in [0.4, 0.5) is 5.69 Å². The van der Waals surface area contributed by atoms with Crippen LogP contribution in [0.2, 0.25) is 0 Å². The summed E-state index contributed by atoms with van der Waals surface area (Å²) < 4.78 is 25.9. The number of sulfonamides is 1. The number of hydrogen-bond donors (Lipinski definition) is 2. The largest absolute Gasteiger partial charge is 0.326 e. The van der Waals surface area contributed by atoms with Crippen molar-refractivity contribution in [2.45, 2.75) is 11.3 Å². The second-order valence-electron chi connectivity index (χ2n) is 5.64. The monoisotopic (exact) mass is 354 g/mol. The average Bonchev–Trinajstić information content (AvgIpc) is 2.61. The molecule has 128 valence electrons. The molecule has 0 saturated heterocycles. The lowest BCUT2D eigenvalue weighted by molar-refractivity contribution is -0.115. The first-order chi connectivity index (χ1) is 12.0. The van der Waals surface area contributed by atoms with Gasteiger partial charge in [0.15, 0.2) is 0 Å². The zero-order chi connectivity index (χ0) is 17.9. The van der Waals surface area contributed by atoms with Gasteiger partial charge >= 0.3 is 0 Å². The van der Waals surface area contributed by atoms with Crippen molar-refractivity contribution in [3.8, 4) is 0 Å². The van der Waals surface area contributed by atoms with Crippen LogP contribution < -0.4 is 10.0 Å². The molecule has 3 aromatic carbocycles. The van der Waals surface area contributed by atoms with Crippen LogP contribution in [0.1, 0.15) is 5.56 Å². The molecular formula is C19H18N2O3S. The number of benzene rings is 3. The Morgan fingerprint density at radius 3 is 2.44 bits per heavy atom. The van der Waals surface area contributed by atoms with Crippen LogP contribution in [0, 0.1) is 0 Å². The van der Waals surface area contributed by atoms with Crippen molar-refractivity contribution in [2.24, 2.45) is 0 Å². The van der Waals surface area contributed by atoms with Crippen LogP contribution in [0.5, 0.6) is 0 Å². The van der Waals surface area contributed by atoms with Crippen LogP contribution in [-0.4, -0.2) is 21.4 Å². The number of fused-ring (bicyclic) bond motifs is 1. The van der Waals surface area contributed by atoms with Gasteiger partial charge in [0, 0.05) is 5.69 Å². The lowest BCUT2D eigenvalue weighted by Crippen LogP contribution is -2.19. The molecule has 0 aliphatic heterocycles. The minimum Gasteiger partial charge on any atom is -0.326 e. The van der Waals surface area contributed by atoms with Crippen molar-refractivity contribution in [3.05, 3.63) is 72.3 Å². The normalized spacial score (nSPS) is 11.4. The van der Waals surface area contributed by atoms with E-state index in [9.17, 15) is 13.2 Å². The molecule has 25 heavy (non-hydrogen) atoms. The zero-order valence-corrected chi connectivity index (χ0v) is 14.5. The number of carbonyl (C=O) groups excluding carboxylic acids is 1. The second-order valence-corrected chi connectivity index (χ2v) is 7.53. The number of nitrogens with one attached hydrogen (secondary N) is 2. The highest BCUT2D eigenvalue weighted by Crippen LogP contribution is 2.18. The molecule has 0 aliphatic carbocycles. The molecule has 0 unspecified atom stereocenters. The van der Waals surface area contributed by atoms with E-state index >= 15 is 0 Å². The van der Waals surface area contributed by atoms with Gasteiger partial charge in [-0.1, -0.05) is 48.5 Å². The summed E-state index contributed by atoms with van der Waals surface area (Å²) in [5, 5.41) is 4.94. The van der Waals surface area contributed by atoms with Gasteiger partial charge in [0.2, 0.25) is 15.9 Å². The third kappa shape index (κ3) is 4.04. The lowest BCUT2D eigenvalue weighted by Gasteiger charge is -2.08. The van der Waals surface area contributed by atoms with Crippen LogP contribution in [0.3, 0.4) is 0 Å². The summed E-state index contributed by atoms with van der Waals surface area (Å²) in [6.45, 7) is 0. The highest BCUT2D eigenvalue weighted by atomic mass is 32.2. The fourth-order valence-corrected chi connectivity index (χ4v) is 3.37. The molecule has 0 saturated carbocycles. The fourth-order valence-electron chi connectivity index (χ4n) is 2.60. The summed E-state index contributed by atoms with van der Waals surface area (Å²) in [6, 6.07) is 20.0. The molecular weight excluding hydrogens is 336 g/mol. The van der Waals surface area contributed by atoms with Gasteiger partial charge in [-0.25, -0.2) is 13.1 Å². The molecule has 3 aromatic rings. The third-order valence-corrected chi connectivity index (χ3v) is 5.29. The lowest BCUT2D eigenvalue weighted by atomic mass is 10.0. The minimum atomic E-state index is -3.54. The number of amides is 1. The van der Waals surface area contributed by atoms with Gasteiger partial charge in [0.1, 0.15) is 0 Å². The summed E-state index contributed by atoms with van der Waals surface area (Å²) in [5.74, 6) is -0.200. The molecule has 2 N–H and O–H groups in total. The van der Waals surface area contributed by atoms with Gasteiger partial charge in [0.05, 0.1) is 11.3 Å². The molecule has 1 amide bonds. The van der Waals surface area contributed by atoms with Crippen molar-refractivity contribution in [1.29, 1.82) is 0 Å². The molecule has 3 rings (SSSR count). The Morgan fingerprint density at radius 2 is 1.68 bits per heavy atom. The van der Waals surface area contributed by atoms with E-state index in [1.165, 1.54) is 19.2 Å². The molecule has 5 nitrogen and oxygen atoms in total. The molecule has 0 heterocycles. The SMILES string of the molecule is CNS(=O)(=O)c1cccc(NC(=O)Cc2ccc3ccccc3c2)c1. The second kappa shape index (κ2) is 7.04. The maximum absolute atomic E-state index is 12.3. The van der Waals surface area contributed by atoms with E-state index < -0.39 is 10.0 Å². The summed E-state index contributed by atoms with van der Waals surface area (Å²) in [7, 11) is -2.19. The van der Waals surface area contributed by atoms with Crippen LogP contribution in [0.15, 0.2) is 71.6 Å². The first kappa shape index (κ1) is 17.1. The van der Waals surface area contributed by atoms with E-state index in [4.69, 9.17) is 0 Å². The Morgan fingerprint density at radius 1 is 0.920 bits per heavy atom. The smallest absolute Gasteiger partial charge is 0.240 e. The highest BCUT2D eigenvalue weighted by Gasteiger charge is 2.12. The van der Waals surface area contributed by atoms with E-state index in [0.717, 1.165) is 16.3 Å².